The molecule has 59 heavy (non-hydrogen) atoms. The van der Waals surface area contributed by atoms with Crippen LogP contribution in [0.1, 0.15) is 213 Å². The van der Waals surface area contributed by atoms with E-state index >= 15 is 0 Å². The normalized spacial score (nSPS) is 14.1. The van der Waals surface area contributed by atoms with Gasteiger partial charge in [0.1, 0.15) is 6.10 Å². The summed E-state index contributed by atoms with van der Waals surface area (Å²) in [5, 5.41) is 23.7. The lowest BCUT2D eigenvalue weighted by molar-refractivity contribution is -0.151. The number of aliphatic hydroxyl groups is 2. The van der Waals surface area contributed by atoms with Crippen LogP contribution < -0.4 is 5.32 Å². The predicted octanol–water partition coefficient (Wildman–Crippen LogP) is 14.4. The third-order valence-corrected chi connectivity index (χ3v) is 10.6. The molecule has 3 N–H and O–H groups in total. The van der Waals surface area contributed by atoms with Gasteiger partial charge in [0.2, 0.25) is 5.91 Å². The van der Waals surface area contributed by atoms with E-state index < -0.39 is 18.2 Å². The van der Waals surface area contributed by atoms with E-state index in [0.29, 0.717) is 19.3 Å². The van der Waals surface area contributed by atoms with Crippen molar-refractivity contribution in [3.63, 3.8) is 0 Å². The van der Waals surface area contributed by atoms with E-state index in [9.17, 15) is 19.8 Å². The number of nitrogens with one attached hydrogen (secondary N) is 1. The summed E-state index contributed by atoms with van der Waals surface area (Å²) in [4.78, 5) is 26.1. The van der Waals surface area contributed by atoms with Gasteiger partial charge in [0, 0.05) is 6.42 Å². The number of ether oxygens (including phenoxy) is 1. The quantitative estimate of drug-likeness (QED) is 0.0247. The van der Waals surface area contributed by atoms with Crippen molar-refractivity contribution in [2.75, 3.05) is 6.61 Å². The summed E-state index contributed by atoms with van der Waals surface area (Å²) in [7, 11) is 0. The van der Waals surface area contributed by atoms with Crippen molar-refractivity contribution in [1.29, 1.82) is 0 Å². The first-order valence-electron chi connectivity index (χ1n) is 24.4. The third-order valence-electron chi connectivity index (χ3n) is 10.6. The molecule has 0 aromatic carbocycles. The molecule has 0 bridgehead atoms. The van der Waals surface area contributed by atoms with Gasteiger partial charge in [0.25, 0.3) is 0 Å². The monoisotopic (exact) mass is 822 g/mol. The number of esters is 1. The van der Waals surface area contributed by atoms with Crippen LogP contribution in [0.25, 0.3) is 0 Å². The van der Waals surface area contributed by atoms with Crippen molar-refractivity contribution in [1.82, 2.24) is 5.32 Å². The second-order valence-electron chi connectivity index (χ2n) is 16.2. The van der Waals surface area contributed by atoms with Crippen molar-refractivity contribution >= 4 is 11.9 Å². The van der Waals surface area contributed by atoms with Gasteiger partial charge in [-0.1, -0.05) is 221 Å². The fraction of sp³-hybridized carbons (Fsp3) is 0.698. The number of aliphatic hydroxyl groups excluding tert-OH is 2. The molecular weight excluding hydrogens is 731 g/mol. The highest BCUT2D eigenvalue weighted by molar-refractivity contribution is 5.77. The number of hydrogen-bond donors (Lipinski definition) is 3. The van der Waals surface area contributed by atoms with Crippen LogP contribution in [-0.2, 0) is 14.3 Å². The van der Waals surface area contributed by atoms with E-state index in [2.05, 4.69) is 62.5 Å². The third kappa shape index (κ3) is 41.6. The van der Waals surface area contributed by atoms with Gasteiger partial charge in [0.15, 0.2) is 0 Å². The number of rotatable bonds is 42. The fourth-order valence-electron chi connectivity index (χ4n) is 6.96. The molecule has 0 heterocycles. The Balaban J connectivity index is 4.71. The van der Waals surface area contributed by atoms with Crippen LogP contribution in [0, 0.1) is 0 Å². The molecule has 0 fully saturated rings. The average Bonchev–Trinajstić information content (AvgIpc) is 3.23. The molecule has 0 saturated heterocycles. The van der Waals surface area contributed by atoms with Crippen molar-refractivity contribution in [3.05, 3.63) is 85.1 Å². The van der Waals surface area contributed by atoms with Gasteiger partial charge in [-0.3, -0.25) is 9.59 Å². The zero-order chi connectivity index (χ0) is 43.1. The van der Waals surface area contributed by atoms with Crippen LogP contribution >= 0.6 is 0 Å². The number of carbonyl (C=O) groups excluding carboxylic acids is 2. The van der Waals surface area contributed by atoms with Gasteiger partial charge < -0.3 is 20.3 Å². The Morgan fingerprint density at radius 3 is 1.59 bits per heavy atom. The zero-order valence-electron chi connectivity index (χ0n) is 38.4. The number of amides is 1. The van der Waals surface area contributed by atoms with E-state index in [1.165, 1.54) is 89.9 Å². The standard InChI is InChI=1S/C53H91NO5/c1-4-7-10-13-16-19-22-25-28-31-34-37-40-43-46-53(58)59-49(44-41-38-35-32-29-26-23-20-17-14-11-8-5-2)47-52(57)54-50(48-55)51(56)45-42-39-36-33-30-27-24-21-18-15-12-9-6-3/h7-8,10-11,14,16-17,19-20,23,26,29,32,35,49-51,55-56H,4-6,9,12-13,15,18,21-22,24-25,27-28,30-31,33-34,36-48H2,1-3H3,(H,54,57)/b10-7+,11-8+,17-14+,19-16+,23-20-,29-26-,35-32+. The molecule has 0 spiro atoms. The van der Waals surface area contributed by atoms with Crippen molar-refractivity contribution in [2.45, 2.75) is 232 Å². The summed E-state index contributed by atoms with van der Waals surface area (Å²) in [6.07, 6.45) is 59.3. The molecule has 6 nitrogen and oxygen atoms in total. The number of carbonyl (C=O) groups is 2. The first-order chi connectivity index (χ1) is 29.0. The second-order valence-corrected chi connectivity index (χ2v) is 16.2. The minimum Gasteiger partial charge on any atom is -0.462 e. The molecular formula is C53H91NO5. The SMILES string of the molecule is CC/C=C/C=C/C=C\C=C/C=C/CCCC(CC(=O)NC(CO)C(O)CCCCCCCCCCCCCCC)OC(=O)CCCCCCCCC/C=C/C/C=C/CC. The average molecular weight is 822 g/mol. The molecule has 0 aliphatic heterocycles. The highest BCUT2D eigenvalue weighted by Gasteiger charge is 2.24. The molecule has 3 unspecified atom stereocenters. The van der Waals surface area contributed by atoms with Crippen molar-refractivity contribution in [2.24, 2.45) is 0 Å². The highest BCUT2D eigenvalue weighted by atomic mass is 16.5. The molecule has 3 atom stereocenters. The molecule has 6 heteroatoms. The topological polar surface area (TPSA) is 95.9 Å². The number of unbranched alkanes of at least 4 members (excludes halogenated alkanes) is 20. The van der Waals surface area contributed by atoms with Gasteiger partial charge in [-0.05, 0) is 64.2 Å². The Morgan fingerprint density at radius 2 is 1.02 bits per heavy atom. The maximum Gasteiger partial charge on any atom is 0.306 e. The van der Waals surface area contributed by atoms with Gasteiger partial charge >= 0.3 is 5.97 Å². The lowest BCUT2D eigenvalue weighted by Gasteiger charge is -2.24. The molecule has 0 aromatic heterocycles. The first kappa shape index (κ1) is 56.0. The summed E-state index contributed by atoms with van der Waals surface area (Å²) in [5.41, 5.74) is 0. The van der Waals surface area contributed by atoms with Crippen LogP contribution in [0.4, 0.5) is 0 Å². The minimum absolute atomic E-state index is 0.0215. The molecule has 0 saturated carbocycles. The van der Waals surface area contributed by atoms with Crippen molar-refractivity contribution < 1.29 is 24.5 Å². The van der Waals surface area contributed by atoms with E-state index in [4.69, 9.17) is 4.74 Å². The fourth-order valence-corrected chi connectivity index (χ4v) is 6.96. The van der Waals surface area contributed by atoms with Gasteiger partial charge in [-0.2, -0.15) is 0 Å². The van der Waals surface area contributed by atoms with E-state index in [-0.39, 0.29) is 24.9 Å². The molecule has 0 aromatic rings. The molecule has 0 rings (SSSR count). The summed E-state index contributed by atoms with van der Waals surface area (Å²) in [5.74, 6) is -0.561. The minimum atomic E-state index is -0.811. The Kier molecular flexibility index (Phi) is 43.8. The largest absolute Gasteiger partial charge is 0.462 e. The number of allylic oxidation sites excluding steroid dienone is 14. The van der Waals surface area contributed by atoms with Crippen LogP contribution in [0.15, 0.2) is 85.1 Å². The summed E-state index contributed by atoms with van der Waals surface area (Å²) >= 11 is 0. The van der Waals surface area contributed by atoms with E-state index in [1.807, 2.05) is 48.6 Å². The predicted molar refractivity (Wildman–Crippen MR) is 254 cm³/mol. The van der Waals surface area contributed by atoms with Gasteiger partial charge in [-0.25, -0.2) is 0 Å². The first-order valence-corrected chi connectivity index (χ1v) is 24.4. The lowest BCUT2D eigenvalue weighted by Crippen LogP contribution is -2.46. The Morgan fingerprint density at radius 1 is 0.525 bits per heavy atom. The molecule has 0 radical (unpaired) electrons. The van der Waals surface area contributed by atoms with Crippen molar-refractivity contribution in [3.8, 4) is 0 Å². The van der Waals surface area contributed by atoms with Crippen LogP contribution in [-0.4, -0.2) is 46.9 Å². The molecule has 1 amide bonds. The number of hydrogen-bond acceptors (Lipinski definition) is 5. The molecule has 0 aliphatic carbocycles. The Bertz CT molecular complexity index is 1150. The van der Waals surface area contributed by atoms with Gasteiger partial charge in [0.05, 0.1) is 25.2 Å². The van der Waals surface area contributed by atoms with Crippen LogP contribution in [0.3, 0.4) is 0 Å². The Hall–Kier alpha value is -2.96. The maximum absolute atomic E-state index is 13.2. The maximum atomic E-state index is 13.2. The Labute approximate surface area is 363 Å². The van der Waals surface area contributed by atoms with Crippen LogP contribution in [0.5, 0.6) is 0 Å². The summed E-state index contributed by atoms with van der Waals surface area (Å²) in [6.45, 7) is 6.20. The highest BCUT2D eigenvalue weighted by Crippen LogP contribution is 2.17. The smallest absolute Gasteiger partial charge is 0.306 e. The molecule has 0 aliphatic rings. The van der Waals surface area contributed by atoms with E-state index in [1.54, 1.807) is 0 Å². The zero-order valence-corrected chi connectivity index (χ0v) is 38.4. The lowest BCUT2D eigenvalue weighted by atomic mass is 10.0. The summed E-state index contributed by atoms with van der Waals surface area (Å²) < 4.78 is 5.88. The van der Waals surface area contributed by atoms with Gasteiger partial charge in [-0.15, -0.1) is 0 Å². The van der Waals surface area contributed by atoms with Crippen LogP contribution in [0.2, 0.25) is 0 Å². The summed E-state index contributed by atoms with van der Waals surface area (Å²) in [6, 6.07) is -0.729. The van der Waals surface area contributed by atoms with E-state index in [0.717, 1.165) is 77.0 Å². The second kappa shape index (κ2) is 46.1. The molecule has 338 valence electrons.